The molecule has 0 saturated carbocycles. The molecule has 10 heteroatoms. The van der Waals surface area contributed by atoms with Crippen molar-refractivity contribution in [1.82, 2.24) is 19.9 Å². The monoisotopic (exact) mass is 488 g/mol. The lowest BCUT2D eigenvalue weighted by Gasteiger charge is -2.23. The lowest BCUT2D eigenvalue weighted by Crippen LogP contribution is -2.34. The van der Waals surface area contributed by atoms with E-state index in [9.17, 15) is 22.4 Å². The van der Waals surface area contributed by atoms with Gasteiger partial charge in [0.25, 0.3) is 5.56 Å². The van der Waals surface area contributed by atoms with Gasteiger partial charge in [-0.2, -0.15) is 13.2 Å². The molecule has 1 atom stereocenters. The first-order chi connectivity index (χ1) is 16.3. The molecule has 5 nitrogen and oxygen atoms in total. The Morgan fingerprint density at radius 1 is 1.18 bits per heavy atom. The average molecular weight is 489 g/mol. The first kappa shape index (κ1) is 22.7. The Hall–Kier alpha value is -3.11. The molecule has 0 aliphatic heterocycles. The molecule has 5 rings (SSSR count). The number of aromatic nitrogens is 3. The van der Waals surface area contributed by atoms with Gasteiger partial charge in [0.05, 0.1) is 29.5 Å². The normalized spacial score (nSPS) is 16.1. The van der Waals surface area contributed by atoms with E-state index in [2.05, 4.69) is 15.3 Å². The summed E-state index contributed by atoms with van der Waals surface area (Å²) in [6.45, 7) is 0.464. The van der Waals surface area contributed by atoms with E-state index in [1.54, 1.807) is 17.1 Å². The highest BCUT2D eigenvalue weighted by Crippen LogP contribution is 2.34. The number of nitrogens with zero attached hydrogens (tertiary/aromatic N) is 3. The van der Waals surface area contributed by atoms with Crippen molar-refractivity contribution in [3.05, 3.63) is 92.4 Å². The van der Waals surface area contributed by atoms with Crippen molar-refractivity contribution < 1.29 is 17.6 Å². The molecule has 1 N–H and O–H groups in total. The van der Waals surface area contributed by atoms with Crippen LogP contribution in [0.2, 0.25) is 0 Å². The van der Waals surface area contributed by atoms with Crippen molar-refractivity contribution in [1.29, 1.82) is 0 Å². The van der Waals surface area contributed by atoms with Gasteiger partial charge < -0.3 is 5.32 Å². The molecular weight excluding hydrogens is 468 g/mol. The molecule has 3 aromatic heterocycles. The summed E-state index contributed by atoms with van der Waals surface area (Å²) in [6, 6.07) is 8.13. The smallest absolute Gasteiger partial charge is 0.310 e. The van der Waals surface area contributed by atoms with E-state index >= 15 is 0 Å². The van der Waals surface area contributed by atoms with Crippen molar-refractivity contribution in [3.8, 4) is 0 Å². The summed E-state index contributed by atoms with van der Waals surface area (Å²) in [5, 5.41) is 3.88. The molecule has 176 valence electrons. The zero-order valence-corrected chi connectivity index (χ0v) is 18.7. The number of hydrogen-bond acceptors (Lipinski definition) is 5. The molecule has 0 fully saturated rings. The molecule has 0 spiro atoms. The Morgan fingerprint density at radius 2 is 2.03 bits per heavy atom. The van der Waals surface area contributed by atoms with E-state index in [0.29, 0.717) is 35.7 Å². The van der Waals surface area contributed by atoms with E-state index in [0.717, 1.165) is 34.7 Å². The van der Waals surface area contributed by atoms with Crippen LogP contribution in [0.1, 0.15) is 33.7 Å². The highest BCUT2D eigenvalue weighted by atomic mass is 32.1. The van der Waals surface area contributed by atoms with Crippen LogP contribution in [0.25, 0.3) is 10.2 Å². The molecule has 1 aliphatic rings. The fourth-order valence-electron chi connectivity index (χ4n) is 4.33. The van der Waals surface area contributed by atoms with Crippen molar-refractivity contribution in [2.24, 2.45) is 0 Å². The minimum atomic E-state index is -4.59. The molecule has 0 saturated heterocycles. The lowest BCUT2D eigenvalue weighted by atomic mass is 9.93. The van der Waals surface area contributed by atoms with Crippen LogP contribution in [-0.4, -0.2) is 20.6 Å². The van der Waals surface area contributed by atoms with Gasteiger partial charge in [-0.25, -0.2) is 9.37 Å². The molecule has 1 unspecified atom stereocenters. The Bertz CT molecular complexity index is 1400. The maximum Gasteiger partial charge on any atom is 0.416 e. The fraction of sp³-hybridized carbons (Fsp3) is 0.292. The van der Waals surface area contributed by atoms with Crippen molar-refractivity contribution >= 4 is 21.6 Å². The summed E-state index contributed by atoms with van der Waals surface area (Å²) in [6.07, 6.45) is 0.643. The zero-order chi connectivity index (χ0) is 23.9. The largest absolute Gasteiger partial charge is 0.416 e. The molecule has 0 radical (unpaired) electrons. The van der Waals surface area contributed by atoms with Gasteiger partial charge in [-0.1, -0.05) is 6.07 Å². The van der Waals surface area contributed by atoms with Crippen molar-refractivity contribution in [3.63, 3.8) is 0 Å². The number of fused-ring (bicyclic) bond motifs is 3. The van der Waals surface area contributed by atoms with Crippen LogP contribution in [0.4, 0.5) is 17.6 Å². The lowest BCUT2D eigenvalue weighted by molar-refractivity contribution is -0.137. The van der Waals surface area contributed by atoms with Gasteiger partial charge >= 0.3 is 6.18 Å². The summed E-state index contributed by atoms with van der Waals surface area (Å²) in [4.78, 5) is 23.7. The zero-order valence-electron chi connectivity index (χ0n) is 17.9. The SMILES string of the molecule is O=c1c2c3c(sc2ncn1Cc1ccccn1)CC(NCc1cc(F)cc(C(F)(F)F)c1)CC3. The fourth-order valence-corrected chi connectivity index (χ4v) is 5.59. The second kappa shape index (κ2) is 8.92. The van der Waals surface area contributed by atoms with E-state index in [-0.39, 0.29) is 23.7 Å². The highest BCUT2D eigenvalue weighted by molar-refractivity contribution is 7.18. The Kier molecular flexibility index (Phi) is 5.95. The number of hydrogen-bond donors (Lipinski definition) is 1. The molecule has 0 bridgehead atoms. The molecule has 0 amide bonds. The van der Waals surface area contributed by atoms with Crippen LogP contribution in [0.3, 0.4) is 0 Å². The third kappa shape index (κ3) is 4.60. The first-order valence-electron chi connectivity index (χ1n) is 10.8. The Balaban J connectivity index is 1.33. The maximum absolute atomic E-state index is 13.7. The second-order valence-electron chi connectivity index (χ2n) is 8.35. The number of benzene rings is 1. The van der Waals surface area contributed by atoms with Gasteiger partial charge in [0.1, 0.15) is 10.6 Å². The van der Waals surface area contributed by atoms with Gasteiger partial charge in [0.2, 0.25) is 0 Å². The summed E-state index contributed by atoms with van der Waals surface area (Å²) in [5.74, 6) is -0.907. The number of aryl methyl sites for hydroxylation is 1. The number of thiophene rings is 1. The summed E-state index contributed by atoms with van der Waals surface area (Å²) < 4.78 is 54.1. The third-order valence-electron chi connectivity index (χ3n) is 5.97. The molecular formula is C24H20F4N4OS. The van der Waals surface area contributed by atoms with Gasteiger partial charge in [0.15, 0.2) is 0 Å². The number of nitrogens with one attached hydrogen (secondary N) is 1. The summed E-state index contributed by atoms with van der Waals surface area (Å²) in [5.41, 5.74) is 0.918. The Labute approximate surface area is 196 Å². The minimum Gasteiger partial charge on any atom is -0.310 e. The quantitative estimate of drug-likeness (QED) is 0.414. The predicted molar refractivity (Wildman–Crippen MR) is 121 cm³/mol. The molecule has 34 heavy (non-hydrogen) atoms. The standard InChI is InChI=1S/C24H20F4N4OS/c25-16-8-14(7-15(9-16)24(26,27)28)11-30-17-4-5-19-20(10-17)34-22-21(19)23(33)32(13-31-22)12-18-3-1-2-6-29-18/h1-3,6-9,13,17,30H,4-5,10-12H2. The second-order valence-corrected chi connectivity index (χ2v) is 9.43. The van der Waals surface area contributed by atoms with Crippen molar-refractivity contribution in [2.75, 3.05) is 0 Å². The summed E-state index contributed by atoms with van der Waals surface area (Å²) in [7, 11) is 0. The molecule has 1 aromatic carbocycles. The van der Waals surface area contributed by atoms with Crippen LogP contribution in [-0.2, 0) is 32.1 Å². The number of alkyl halides is 3. The molecule has 4 aromatic rings. The first-order valence-corrected chi connectivity index (χ1v) is 11.6. The Morgan fingerprint density at radius 3 is 2.79 bits per heavy atom. The van der Waals surface area contributed by atoms with Gasteiger partial charge in [-0.15, -0.1) is 11.3 Å². The van der Waals surface area contributed by atoms with Gasteiger partial charge in [-0.3, -0.25) is 14.3 Å². The van der Waals surface area contributed by atoms with Crippen LogP contribution in [0.5, 0.6) is 0 Å². The van der Waals surface area contributed by atoms with E-state index < -0.39 is 17.6 Å². The van der Waals surface area contributed by atoms with E-state index in [1.807, 2.05) is 18.2 Å². The van der Waals surface area contributed by atoms with Crippen LogP contribution in [0.15, 0.2) is 53.7 Å². The van der Waals surface area contributed by atoms with Gasteiger partial charge in [-0.05, 0) is 60.7 Å². The van der Waals surface area contributed by atoms with Crippen LogP contribution < -0.4 is 10.9 Å². The topological polar surface area (TPSA) is 59.8 Å². The van der Waals surface area contributed by atoms with Crippen molar-refractivity contribution in [2.45, 2.75) is 44.6 Å². The minimum absolute atomic E-state index is 0.00825. The number of halogens is 4. The maximum atomic E-state index is 13.7. The molecule has 3 heterocycles. The van der Waals surface area contributed by atoms with E-state index in [1.165, 1.54) is 11.3 Å². The van der Waals surface area contributed by atoms with Crippen LogP contribution >= 0.6 is 11.3 Å². The highest BCUT2D eigenvalue weighted by Gasteiger charge is 2.31. The van der Waals surface area contributed by atoms with E-state index in [4.69, 9.17) is 0 Å². The third-order valence-corrected chi connectivity index (χ3v) is 7.14. The summed E-state index contributed by atoms with van der Waals surface area (Å²) >= 11 is 1.47. The van der Waals surface area contributed by atoms with Gasteiger partial charge in [0, 0.05) is 23.7 Å². The predicted octanol–water partition coefficient (Wildman–Crippen LogP) is 4.71. The molecule has 1 aliphatic carbocycles. The number of rotatable bonds is 5. The number of pyridine rings is 1. The average Bonchev–Trinajstić information content (AvgIpc) is 3.18. The van der Waals surface area contributed by atoms with Crippen LogP contribution in [0, 0.1) is 5.82 Å².